The van der Waals surface area contributed by atoms with Crippen LogP contribution in [-0.4, -0.2) is 27.6 Å². The van der Waals surface area contributed by atoms with Crippen molar-refractivity contribution in [2.24, 2.45) is 0 Å². The minimum absolute atomic E-state index is 0.0823. The standard InChI is InChI=1S/C29H24N2O6S/c1-34-27-16-15-25-26(17-18-30-28(25)29(27)35-2)37-22-13-11-20(12-14-22)31-38(32,33)24-10-6-9-23(19-24)36-21-7-4-3-5-8-21/h3-19,31H,1-2H3. The van der Waals surface area contributed by atoms with E-state index in [1.807, 2.05) is 24.3 Å². The molecule has 1 heterocycles. The summed E-state index contributed by atoms with van der Waals surface area (Å²) >= 11 is 0. The van der Waals surface area contributed by atoms with Crippen molar-refractivity contribution in [1.82, 2.24) is 4.98 Å². The molecule has 0 aliphatic heterocycles. The molecular weight excluding hydrogens is 504 g/mol. The summed E-state index contributed by atoms with van der Waals surface area (Å²) in [7, 11) is -0.729. The highest BCUT2D eigenvalue weighted by Crippen LogP contribution is 2.39. The summed E-state index contributed by atoms with van der Waals surface area (Å²) in [5.41, 5.74) is 0.991. The highest BCUT2D eigenvalue weighted by Gasteiger charge is 2.16. The van der Waals surface area contributed by atoms with E-state index in [9.17, 15) is 8.42 Å². The van der Waals surface area contributed by atoms with Crippen molar-refractivity contribution in [2.75, 3.05) is 18.9 Å². The van der Waals surface area contributed by atoms with Gasteiger partial charge in [0, 0.05) is 23.3 Å². The van der Waals surface area contributed by atoms with Gasteiger partial charge >= 0.3 is 0 Å². The Labute approximate surface area is 220 Å². The number of rotatable bonds is 9. The second kappa shape index (κ2) is 10.7. The van der Waals surface area contributed by atoms with Crippen molar-refractivity contribution in [3.05, 3.63) is 103 Å². The number of sulfonamides is 1. The second-order valence-corrected chi connectivity index (χ2v) is 9.81. The number of methoxy groups -OCH3 is 2. The Morgan fingerprint density at radius 3 is 2.16 bits per heavy atom. The van der Waals surface area contributed by atoms with Gasteiger partial charge in [-0.25, -0.2) is 8.42 Å². The van der Waals surface area contributed by atoms with Gasteiger partial charge in [0.15, 0.2) is 11.5 Å². The Hall–Kier alpha value is -4.76. The maximum Gasteiger partial charge on any atom is 0.262 e. The van der Waals surface area contributed by atoms with Crippen LogP contribution in [0.1, 0.15) is 0 Å². The number of hydrogen-bond acceptors (Lipinski definition) is 7. The molecule has 0 spiro atoms. The zero-order valence-corrected chi connectivity index (χ0v) is 21.4. The maximum absolute atomic E-state index is 13.0. The third kappa shape index (κ3) is 5.33. The number of para-hydroxylation sites is 1. The van der Waals surface area contributed by atoms with Crippen LogP contribution in [0.5, 0.6) is 34.5 Å². The lowest BCUT2D eigenvalue weighted by molar-refractivity contribution is 0.358. The van der Waals surface area contributed by atoms with Crippen LogP contribution in [0.15, 0.2) is 108 Å². The fraction of sp³-hybridized carbons (Fsp3) is 0.0690. The minimum Gasteiger partial charge on any atom is -0.493 e. The largest absolute Gasteiger partial charge is 0.493 e. The molecule has 0 saturated carbocycles. The molecule has 0 aliphatic carbocycles. The molecule has 38 heavy (non-hydrogen) atoms. The molecule has 0 saturated heterocycles. The lowest BCUT2D eigenvalue weighted by atomic mass is 10.1. The lowest BCUT2D eigenvalue weighted by Crippen LogP contribution is -2.12. The number of pyridine rings is 1. The van der Waals surface area contributed by atoms with E-state index in [1.165, 1.54) is 12.1 Å². The van der Waals surface area contributed by atoms with Gasteiger partial charge in [-0.05, 0) is 66.7 Å². The van der Waals surface area contributed by atoms with E-state index >= 15 is 0 Å². The number of nitrogens with zero attached hydrogens (tertiary/aromatic N) is 1. The van der Waals surface area contributed by atoms with E-state index in [0.717, 1.165) is 5.39 Å². The molecule has 0 amide bonds. The normalized spacial score (nSPS) is 11.1. The van der Waals surface area contributed by atoms with Crippen molar-refractivity contribution in [3.63, 3.8) is 0 Å². The average molecular weight is 529 g/mol. The molecule has 0 unspecified atom stereocenters. The Morgan fingerprint density at radius 2 is 1.42 bits per heavy atom. The molecule has 9 heteroatoms. The van der Waals surface area contributed by atoms with Crippen molar-refractivity contribution in [1.29, 1.82) is 0 Å². The number of fused-ring (bicyclic) bond motifs is 1. The van der Waals surface area contributed by atoms with Gasteiger partial charge in [-0.3, -0.25) is 9.71 Å². The summed E-state index contributed by atoms with van der Waals surface area (Å²) in [6.07, 6.45) is 1.62. The molecular formula is C29H24N2O6S. The molecule has 5 aromatic rings. The molecule has 0 aliphatic rings. The fourth-order valence-electron chi connectivity index (χ4n) is 3.86. The summed E-state index contributed by atoms with van der Waals surface area (Å²) in [5.74, 6) is 3.21. The lowest BCUT2D eigenvalue weighted by Gasteiger charge is -2.13. The third-order valence-electron chi connectivity index (χ3n) is 5.64. The third-order valence-corrected chi connectivity index (χ3v) is 7.02. The van der Waals surface area contributed by atoms with Crippen LogP contribution in [0, 0.1) is 0 Å². The van der Waals surface area contributed by atoms with Crippen LogP contribution < -0.4 is 23.7 Å². The average Bonchev–Trinajstić information content (AvgIpc) is 2.94. The first-order valence-electron chi connectivity index (χ1n) is 11.6. The number of aromatic nitrogens is 1. The summed E-state index contributed by atoms with van der Waals surface area (Å²) in [5, 5.41) is 0.743. The van der Waals surface area contributed by atoms with Gasteiger partial charge < -0.3 is 18.9 Å². The van der Waals surface area contributed by atoms with Crippen molar-refractivity contribution in [2.45, 2.75) is 4.90 Å². The van der Waals surface area contributed by atoms with Gasteiger partial charge in [-0.2, -0.15) is 0 Å². The predicted molar refractivity (Wildman–Crippen MR) is 145 cm³/mol. The van der Waals surface area contributed by atoms with E-state index in [2.05, 4.69) is 9.71 Å². The molecule has 1 aromatic heterocycles. The van der Waals surface area contributed by atoms with E-state index in [-0.39, 0.29) is 4.90 Å². The molecule has 192 valence electrons. The Kier molecular flexibility index (Phi) is 7.01. The second-order valence-electron chi connectivity index (χ2n) is 8.13. The van der Waals surface area contributed by atoms with Gasteiger partial charge in [0.25, 0.3) is 10.0 Å². The fourth-order valence-corrected chi connectivity index (χ4v) is 4.95. The highest BCUT2D eigenvalue weighted by atomic mass is 32.2. The van der Waals surface area contributed by atoms with Crippen molar-refractivity contribution < 1.29 is 27.4 Å². The SMILES string of the molecule is COc1ccc2c(Oc3ccc(NS(=O)(=O)c4cccc(Oc5ccccc5)c4)cc3)ccnc2c1OC. The first kappa shape index (κ1) is 24.9. The molecule has 0 fully saturated rings. The van der Waals surface area contributed by atoms with Crippen molar-refractivity contribution >= 4 is 26.6 Å². The number of anilines is 1. The maximum atomic E-state index is 13.0. The number of nitrogens with one attached hydrogen (secondary N) is 1. The van der Waals surface area contributed by atoms with E-state index < -0.39 is 10.0 Å². The zero-order chi connectivity index (χ0) is 26.5. The molecule has 0 bridgehead atoms. The summed E-state index contributed by atoms with van der Waals surface area (Å²) in [6.45, 7) is 0. The molecule has 5 rings (SSSR count). The number of hydrogen-bond donors (Lipinski definition) is 1. The van der Waals surface area contributed by atoms with E-state index in [1.54, 1.807) is 81.1 Å². The van der Waals surface area contributed by atoms with Crippen LogP contribution in [0.4, 0.5) is 5.69 Å². The van der Waals surface area contributed by atoms with Crippen LogP contribution in [-0.2, 0) is 10.0 Å². The van der Waals surface area contributed by atoms with Gasteiger partial charge in [0.2, 0.25) is 0 Å². The molecule has 0 radical (unpaired) electrons. The van der Waals surface area contributed by atoms with Crippen LogP contribution in [0.25, 0.3) is 10.9 Å². The molecule has 4 aromatic carbocycles. The first-order valence-corrected chi connectivity index (χ1v) is 13.1. The van der Waals surface area contributed by atoms with Crippen molar-refractivity contribution in [3.8, 4) is 34.5 Å². The zero-order valence-electron chi connectivity index (χ0n) is 20.6. The number of ether oxygens (including phenoxy) is 4. The quantitative estimate of drug-likeness (QED) is 0.229. The molecule has 8 nitrogen and oxygen atoms in total. The minimum atomic E-state index is -3.85. The first-order chi connectivity index (χ1) is 18.5. The predicted octanol–water partition coefficient (Wildman–Crippen LogP) is 6.64. The molecule has 0 atom stereocenters. The topological polar surface area (TPSA) is 96.0 Å². The van der Waals surface area contributed by atoms with Gasteiger partial charge in [-0.15, -0.1) is 0 Å². The summed E-state index contributed by atoms with van der Waals surface area (Å²) in [4.78, 5) is 4.49. The Bertz CT molecular complexity index is 1670. The van der Waals surface area contributed by atoms with E-state index in [4.69, 9.17) is 18.9 Å². The van der Waals surface area contributed by atoms with Gasteiger partial charge in [0.05, 0.1) is 19.1 Å². The van der Waals surface area contributed by atoms with E-state index in [0.29, 0.717) is 45.7 Å². The van der Waals surface area contributed by atoms with Crippen LogP contribution in [0.3, 0.4) is 0 Å². The summed E-state index contributed by atoms with van der Waals surface area (Å²) in [6, 6.07) is 27.5. The van der Waals surface area contributed by atoms with Gasteiger partial charge in [-0.1, -0.05) is 24.3 Å². The highest BCUT2D eigenvalue weighted by molar-refractivity contribution is 7.92. The Morgan fingerprint density at radius 1 is 0.684 bits per heavy atom. The number of benzene rings is 4. The monoisotopic (exact) mass is 528 g/mol. The van der Waals surface area contributed by atoms with Crippen LogP contribution >= 0.6 is 0 Å². The summed E-state index contributed by atoms with van der Waals surface area (Å²) < 4.78 is 51.3. The van der Waals surface area contributed by atoms with Crippen LogP contribution in [0.2, 0.25) is 0 Å². The van der Waals surface area contributed by atoms with Gasteiger partial charge in [0.1, 0.15) is 28.5 Å². The smallest absolute Gasteiger partial charge is 0.262 e. The molecule has 1 N–H and O–H groups in total. The Balaban J connectivity index is 1.32.